The third-order valence-electron chi connectivity index (χ3n) is 3.82. The van der Waals surface area contributed by atoms with Crippen LogP contribution in [-0.2, 0) is 6.42 Å². The van der Waals surface area contributed by atoms with Crippen LogP contribution in [0, 0.1) is 6.92 Å². The van der Waals surface area contributed by atoms with E-state index < -0.39 is 0 Å². The minimum absolute atomic E-state index is 0.935. The number of benzene rings is 1. The molecule has 0 unspecified atom stereocenters. The summed E-state index contributed by atoms with van der Waals surface area (Å²) in [6.45, 7) is 3.04. The number of aryl methyl sites for hydroxylation is 1. The second kappa shape index (κ2) is 5.92. The Labute approximate surface area is 125 Å². The summed E-state index contributed by atoms with van der Waals surface area (Å²) in [4.78, 5) is 10.9. The molecule has 0 saturated heterocycles. The number of hydrogen-bond acceptors (Lipinski definition) is 3. The summed E-state index contributed by atoms with van der Waals surface area (Å²) in [6, 6.07) is 12.6. The maximum atomic E-state index is 4.63. The lowest BCUT2D eigenvalue weighted by molar-refractivity contribution is 0.862. The van der Waals surface area contributed by atoms with E-state index in [2.05, 4.69) is 65.2 Å². The summed E-state index contributed by atoms with van der Waals surface area (Å²) in [5, 5.41) is 2.49. The molecule has 1 aromatic carbocycles. The van der Waals surface area contributed by atoms with Gasteiger partial charge in [0.1, 0.15) is 5.82 Å². The van der Waals surface area contributed by atoms with Gasteiger partial charge in [-0.1, -0.05) is 24.3 Å². The lowest BCUT2D eigenvalue weighted by atomic mass is 10.1. The van der Waals surface area contributed by atoms with Crippen LogP contribution in [0.1, 0.15) is 11.1 Å². The summed E-state index contributed by atoms with van der Waals surface area (Å²) in [6.07, 6.45) is 6.63. The van der Waals surface area contributed by atoms with E-state index in [4.69, 9.17) is 0 Å². The average molecular weight is 277 g/mol. The molecule has 0 N–H and O–H groups in total. The summed E-state index contributed by atoms with van der Waals surface area (Å²) in [5.41, 5.74) is 2.52. The van der Waals surface area contributed by atoms with Gasteiger partial charge in [-0.3, -0.25) is 4.98 Å². The van der Waals surface area contributed by atoms with Crippen LogP contribution in [0.4, 0.5) is 5.82 Å². The number of hydrogen-bond donors (Lipinski definition) is 0. The van der Waals surface area contributed by atoms with Crippen molar-refractivity contribution in [2.75, 3.05) is 18.5 Å². The highest BCUT2D eigenvalue weighted by atomic mass is 15.2. The van der Waals surface area contributed by atoms with Gasteiger partial charge in [0.15, 0.2) is 0 Å². The Morgan fingerprint density at radius 3 is 2.48 bits per heavy atom. The molecule has 0 bridgehead atoms. The van der Waals surface area contributed by atoms with E-state index >= 15 is 0 Å². The van der Waals surface area contributed by atoms with Gasteiger partial charge in [-0.2, -0.15) is 0 Å². The molecule has 0 atom stereocenters. The molecular weight excluding hydrogens is 258 g/mol. The number of likely N-dealkylation sites (N-methyl/N-ethyl adjacent to an activating group) is 1. The van der Waals surface area contributed by atoms with Crippen molar-refractivity contribution in [1.29, 1.82) is 0 Å². The molecule has 0 spiro atoms. The lowest BCUT2D eigenvalue weighted by Gasteiger charge is -2.20. The van der Waals surface area contributed by atoms with Gasteiger partial charge in [-0.05, 0) is 42.0 Å². The molecule has 3 aromatic rings. The van der Waals surface area contributed by atoms with E-state index in [1.807, 2.05) is 18.6 Å². The molecule has 0 saturated carbocycles. The quantitative estimate of drug-likeness (QED) is 0.729. The predicted octanol–water partition coefficient (Wildman–Crippen LogP) is 3.62. The van der Waals surface area contributed by atoms with E-state index in [1.165, 1.54) is 21.9 Å². The second-order valence-electron chi connectivity index (χ2n) is 5.34. The number of anilines is 1. The van der Waals surface area contributed by atoms with Crippen molar-refractivity contribution >= 4 is 16.6 Å². The Morgan fingerprint density at radius 1 is 1.00 bits per heavy atom. The molecule has 0 fully saturated rings. The molecule has 3 heteroatoms. The number of aromatic nitrogens is 2. The highest BCUT2D eigenvalue weighted by Crippen LogP contribution is 2.26. The Balaban J connectivity index is 1.85. The number of pyridine rings is 2. The first-order valence-electron chi connectivity index (χ1n) is 7.20. The first-order valence-corrected chi connectivity index (χ1v) is 7.20. The smallest absolute Gasteiger partial charge is 0.136 e. The van der Waals surface area contributed by atoms with E-state index in [-0.39, 0.29) is 0 Å². The average Bonchev–Trinajstić information content (AvgIpc) is 2.54. The van der Waals surface area contributed by atoms with Crippen molar-refractivity contribution in [2.45, 2.75) is 13.3 Å². The summed E-state index contributed by atoms with van der Waals surface area (Å²) in [7, 11) is 2.10. The second-order valence-corrected chi connectivity index (χ2v) is 5.34. The highest BCUT2D eigenvalue weighted by Gasteiger charge is 2.09. The molecule has 0 amide bonds. The van der Waals surface area contributed by atoms with Gasteiger partial charge in [0.05, 0.1) is 0 Å². The van der Waals surface area contributed by atoms with Gasteiger partial charge in [-0.15, -0.1) is 0 Å². The molecule has 0 aliphatic heterocycles. The van der Waals surface area contributed by atoms with Gasteiger partial charge in [0.2, 0.25) is 0 Å². The normalized spacial score (nSPS) is 10.8. The van der Waals surface area contributed by atoms with Crippen molar-refractivity contribution < 1.29 is 0 Å². The minimum Gasteiger partial charge on any atom is -0.359 e. The zero-order valence-electron chi connectivity index (χ0n) is 12.5. The van der Waals surface area contributed by atoms with Crippen molar-refractivity contribution in [2.24, 2.45) is 0 Å². The number of rotatable bonds is 4. The minimum atomic E-state index is 0.935. The predicted molar refractivity (Wildman–Crippen MR) is 87.7 cm³/mol. The lowest BCUT2D eigenvalue weighted by Crippen LogP contribution is -2.21. The summed E-state index contributed by atoms with van der Waals surface area (Å²) < 4.78 is 0. The van der Waals surface area contributed by atoms with Crippen molar-refractivity contribution in [1.82, 2.24) is 9.97 Å². The van der Waals surface area contributed by atoms with Crippen LogP contribution in [0.2, 0.25) is 0 Å². The monoisotopic (exact) mass is 277 g/mol. The van der Waals surface area contributed by atoms with E-state index in [0.29, 0.717) is 0 Å². The highest BCUT2D eigenvalue weighted by molar-refractivity contribution is 5.94. The molecule has 0 aliphatic carbocycles. The summed E-state index contributed by atoms with van der Waals surface area (Å²) >= 11 is 0. The molecule has 0 radical (unpaired) electrons. The molecule has 2 heterocycles. The Kier molecular flexibility index (Phi) is 3.82. The fourth-order valence-electron chi connectivity index (χ4n) is 2.58. The molecule has 106 valence electrons. The molecule has 21 heavy (non-hydrogen) atoms. The topological polar surface area (TPSA) is 29.0 Å². The van der Waals surface area contributed by atoms with Crippen LogP contribution >= 0.6 is 0 Å². The van der Waals surface area contributed by atoms with E-state index in [0.717, 1.165) is 18.8 Å². The van der Waals surface area contributed by atoms with Gasteiger partial charge in [-0.25, -0.2) is 4.98 Å². The van der Waals surface area contributed by atoms with Crippen LogP contribution in [0.25, 0.3) is 10.8 Å². The maximum absolute atomic E-state index is 4.63. The maximum Gasteiger partial charge on any atom is 0.136 e. The zero-order valence-corrected chi connectivity index (χ0v) is 12.5. The zero-order chi connectivity index (χ0) is 14.7. The molecule has 2 aromatic heterocycles. The molecular formula is C18H19N3. The fraction of sp³-hybridized carbons (Fsp3) is 0.222. The van der Waals surface area contributed by atoms with E-state index in [9.17, 15) is 0 Å². The Hall–Kier alpha value is -2.42. The van der Waals surface area contributed by atoms with Gasteiger partial charge >= 0.3 is 0 Å². The fourth-order valence-corrected chi connectivity index (χ4v) is 2.58. The van der Waals surface area contributed by atoms with Crippen LogP contribution in [0.15, 0.2) is 55.0 Å². The van der Waals surface area contributed by atoms with Crippen LogP contribution in [0.3, 0.4) is 0 Å². The first kappa shape index (κ1) is 13.6. The van der Waals surface area contributed by atoms with Crippen molar-refractivity contribution in [3.63, 3.8) is 0 Å². The Bertz CT molecular complexity index is 738. The molecule has 0 aliphatic rings. The standard InChI is InChI=1S/C18H19N3/c1-14-13-20-18(17-6-4-3-5-16(14)17)21(2)12-9-15-7-10-19-11-8-15/h3-8,10-11,13H,9,12H2,1-2H3. The van der Waals surface area contributed by atoms with Crippen LogP contribution < -0.4 is 4.90 Å². The van der Waals surface area contributed by atoms with Crippen LogP contribution in [-0.4, -0.2) is 23.6 Å². The van der Waals surface area contributed by atoms with Gasteiger partial charge < -0.3 is 4.90 Å². The Morgan fingerprint density at radius 2 is 1.71 bits per heavy atom. The largest absolute Gasteiger partial charge is 0.359 e. The molecule has 3 rings (SSSR count). The first-order chi connectivity index (χ1) is 10.3. The third kappa shape index (κ3) is 2.87. The van der Waals surface area contributed by atoms with Crippen molar-refractivity contribution in [3.8, 4) is 0 Å². The number of nitrogens with zero attached hydrogens (tertiary/aromatic N) is 3. The van der Waals surface area contributed by atoms with Gasteiger partial charge in [0.25, 0.3) is 0 Å². The van der Waals surface area contributed by atoms with Crippen molar-refractivity contribution in [3.05, 3.63) is 66.1 Å². The van der Waals surface area contributed by atoms with E-state index in [1.54, 1.807) is 0 Å². The van der Waals surface area contributed by atoms with Gasteiger partial charge in [0, 0.05) is 37.6 Å². The SMILES string of the molecule is Cc1cnc(N(C)CCc2ccncc2)c2ccccc12. The van der Waals surface area contributed by atoms with Crippen LogP contribution in [0.5, 0.6) is 0 Å². The summed E-state index contributed by atoms with van der Waals surface area (Å²) in [5.74, 6) is 1.05. The third-order valence-corrected chi connectivity index (χ3v) is 3.82. The number of fused-ring (bicyclic) bond motifs is 1. The molecule has 3 nitrogen and oxygen atoms in total.